The smallest absolute Gasteiger partial charge is 0.349 e. The van der Waals surface area contributed by atoms with Gasteiger partial charge in [-0.05, 0) is 110 Å². The van der Waals surface area contributed by atoms with Crippen molar-refractivity contribution in [3.8, 4) is 11.5 Å². The molecule has 5 aromatic rings. The van der Waals surface area contributed by atoms with Crippen LogP contribution >= 0.6 is 22.7 Å². The lowest BCUT2D eigenvalue weighted by atomic mass is 9.91. The van der Waals surface area contributed by atoms with Crippen LogP contribution in [0.5, 0.6) is 11.5 Å². The Kier molecular flexibility index (Phi) is 12.2. The van der Waals surface area contributed by atoms with E-state index in [1.54, 1.807) is 24.3 Å². The Labute approximate surface area is 305 Å². The summed E-state index contributed by atoms with van der Waals surface area (Å²) in [7, 11) is 2.14. The van der Waals surface area contributed by atoms with E-state index in [1.807, 2.05) is 35.0 Å². The summed E-state index contributed by atoms with van der Waals surface area (Å²) in [5.74, 6) is 0.205. The molecule has 1 atom stereocenters. The number of rotatable bonds is 16. The number of nitrogens with one attached hydrogen (secondary N) is 2. The number of phenols is 1. The largest absolute Gasteiger partial charge is 0.506 e. The molecule has 12 heteroatoms. The number of ether oxygens (including phenoxy) is 2. The standard InChI is InChI=1S/C39H45N3O7S2/c1-42(27-9-13-29(14-10-27)49-38(46)39(47,34-5-2-23-50-34)35-6-3-24-51-35)21-4-22-48-28-11-7-26(8-12-28)19-20-40-25-33(44)30-15-17-32(43)37-31(30)16-18-36(45)41-37/h2-3,5-8,11-12,15-18,23-24,27,29,33,40,43-44,47H,4,9-10,13-14,19-22,25H2,1H3,(H,41,45)/t27-,29-,33-/m0/s1. The number of thiophene rings is 2. The molecule has 270 valence electrons. The van der Waals surface area contributed by atoms with Gasteiger partial charge in [-0.1, -0.05) is 30.3 Å². The molecule has 3 aromatic heterocycles. The molecule has 0 amide bonds. The molecule has 0 saturated heterocycles. The monoisotopic (exact) mass is 731 g/mol. The number of aliphatic hydroxyl groups excluding tert-OH is 1. The van der Waals surface area contributed by atoms with E-state index in [0.29, 0.717) is 52.0 Å². The summed E-state index contributed by atoms with van der Waals surface area (Å²) >= 11 is 2.71. The van der Waals surface area contributed by atoms with Gasteiger partial charge < -0.3 is 40.0 Å². The number of esters is 1. The van der Waals surface area contributed by atoms with Crippen LogP contribution in [0.1, 0.15) is 59.1 Å². The second-order valence-corrected chi connectivity index (χ2v) is 15.0. The number of aliphatic hydroxyl groups is 2. The number of aromatic nitrogens is 1. The molecular weight excluding hydrogens is 687 g/mol. The number of fused-ring (bicyclic) bond motifs is 1. The van der Waals surface area contributed by atoms with E-state index in [9.17, 15) is 24.9 Å². The van der Waals surface area contributed by atoms with Crippen LogP contribution < -0.4 is 15.6 Å². The minimum Gasteiger partial charge on any atom is -0.506 e. The molecule has 0 bridgehead atoms. The van der Waals surface area contributed by atoms with Crippen LogP contribution in [0.15, 0.2) is 88.4 Å². The molecule has 0 radical (unpaired) electrons. The minimum atomic E-state index is -1.77. The fourth-order valence-electron chi connectivity index (χ4n) is 6.70. The first-order valence-corrected chi connectivity index (χ1v) is 19.2. The quantitative estimate of drug-likeness (QED) is 0.0637. The van der Waals surface area contributed by atoms with Crippen molar-refractivity contribution in [2.75, 3.05) is 33.3 Å². The van der Waals surface area contributed by atoms with Gasteiger partial charge in [0.05, 0.1) is 28.0 Å². The number of H-pyrrole nitrogens is 1. The molecule has 5 N–H and O–H groups in total. The lowest BCUT2D eigenvalue weighted by Gasteiger charge is -2.35. The second-order valence-electron chi connectivity index (χ2n) is 13.1. The predicted octanol–water partition coefficient (Wildman–Crippen LogP) is 5.71. The van der Waals surface area contributed by atoms with Gasteiger partial charge in [0.15, 0.2) is 0 Å². The maximum absolute atomic E-state index is 13.3. The number of benzene rings is 2. The van der Waals surface area contributed by atoms with Crippen molar-refractivity contribution in [2.24, 2.45) is 0 Å². The van der Waals surface area contributed by atoms with E-state index in [4.69, 9.17) is 9.47 Å². The fourth-order valence-corrected chi connectivity index (χ4v) is 8.42. The number of phenolic OH excluding ortho intramolecular Hbond substituents is 1. The Morgan fingerprint density at radius 2 is 1.71 bits per heavy atom. The number of carbonyl (C=O) groups is 1. The molecule has 10 nitrogen and oxygen atoms in total. The Morgan fingerprint density at radius 3 is 2.37 bits per heavy atom. The number of hydrogen-bond acceptors (Lipinski definition) is 11. The van der Waals surface area contributed by atoms with Crippen molar-refractivity contribution in [3.05, 3.63) is 115 Å². The number of carbonyl (C=O) groups excluding carboxylic acids is 1. The average molecular weight is 732 g/mol. The molecule has 1 saturated carbocycles. The van der Waals surface area contributed by atoms with Crippen LogP contribution in [0.3, 0.4) is 0 Å². The Hall–Kier alpha value is -4.04. The molecule has 6 rings (SSSR count). The third-order valence-corrected chi connectivity index (χ3v) is 11.6. The van der Waals surface area contributed by atoms with Gasteiger partial charge in [-0.3, -0.25) is 4.79 Å². The van der Waals surface area contributed by atoms with E-state index >= 15 is 0 Å². The molecule has 0 spiro atoms. The van der Waals surface area contributed by atoms with Crippen molar-refractivity contribution >= 4 is 39.5 Å². The van der Waals surface area contributed by atoms with E-state index in [-0.39, 0.29) is 17.4 Å². The van der Waals surface area contributed by atoms with Crippen molar-refractivity contribution in [1.29, 1.82) is 0 Å². The maximum atomic E-state index is 13.3. The highest BCUT2D eigenvalue weighted by molar-refractivity contribution is 7.12. The molecule has 1 aliphatic carbocycles. The van der Waals surface area contributed by atoms with Crippen LogP contribution in [0, 0.1) is 0 Å². The number of hydrogen-bond donors (Lipinski definition) is 5. The third-order valence-electron chi connectivity index (χ3n) is 9.63. The SMILES string of the molecule is CN(CCCOc1ccc(CCNC[C@H](O)c2ccc(O)c3[nH]c(=O)ccc23)cc1)[C@H]1CC[C@H](OC(=O)C(O)(c2cccs2)c2cccs2)CC1. The number of aromatic amines is 1. The van der Waals surface area contributed by atoms with Crippen molar-refractivity contribution in [1.82, 2.24) is 15.2 Å². The van der Waals surface area contributed by atoms with Gasteiger partial charge in [-0.25, -0.2) is 4.79 Å². The summed E-state index contributed by atoms with van der Waals surface area (Å²) in [6.07, 6.45) is 4.06. The summed E-state index contributed by atoms with van der Waals surface area (Å²) in [4.78, 5) is 31.1. The van der Waals surface area contributed by atoms with Crippen LogP contribution in [0.25, 0.3) is 10.9 Å². The Balaban J connectivity index is 0.867. The van der Waals surface area contributed by atoms with Gasteiger partial charge in [0.1, 0.15) is 17.6 Å². The molecular formula is C39H45N3O7S2. The van der Waals surface area contributed by atoms with Crippen molar-refractivity contribution < 1.29 is 29.6 Å². The summed E-state index contributed by atoms with van der Waals surface area (Å²) in [5, 5.41) is 40.0. The third kappa shape index (κ3) is 8.89. The zero-order valence-electron chi connectivity index (χ0n) is 28.6. The van der Waals surface area contributed by atoms with E-state index in [1.165, 1.54) is 34.8 Å². The highest BCUT2D eigenvalue weighted by Crippen LogP contribution is 2.38. The molecule has 0 aliphatic heterocycles. The van der Waals surface area contributed by atoms with Gasteiger partial charge in [0.25, 0.3) is 0 Å². The van der Waals surface area contributed by atoms with E-state index < -0.39 is 17.7 Å². The molecule has 0 unspecified atom stereocenters. The zero-order valence-corrected chi connectivity index (χ0v) is 30.3. The molecule has 1 aliphatic rings. The van der Waals surface area contributed by atoms with Gasteiger partial charge in [0.2, 0.25) is 11.2 Å². The zero-order chi connectivity index (χ0) is 35.8. The van der Waals surface area contributed by atoms with Crippen LogP contribution in [-0.2, 0) is 21.6 Å². The lowest BCUT2D eigenvalue weighted by molar-refractivity contribution is -0.169. The van der Waals surface area contributed by atoms with Crippen LogP contribution in [-0.4, -0.2) is 76.6 Å². The summed E-state index contributed by atoms with van der Waals surface area (Å²) < 4.78 is 11.9. The van der Waals surface area contributed by atoms with Crippen molar-refractivity contribution in [2.45, 2.75) is 62.4 Å². The number of nitrogens with zero attached hydrogens (tertiary/aromatic N) is 1. The Morgan fingerprint density at radius 1 is 1.00 bits per heavy atom. The van der Waals surface area contributed by atoms with Crippen LogP contribution in [0.2, 0.25) is 0 Å². The highest BCUT2D eigenvalue weighted by atomic mass is 32.1. The first kappa shape index (κ1) is 36.7. The molecule has 2 aromatic carbocycles. The van der Waals surface area contributed by atoms with Gasteiger partial charge in [-0.2, -0.15) is 0 Å². The minimum absolute atomic E-state index is 0.0290. The topological polar surface area (TPSA) is 144 Å². The second kappa shape index (κ2) is 17.0. The lowest BCUT2D eigenvalue weighted by Crippen LogP contribution is -2.42. The normalized spacial score (nSPS) is 17.1. The van der Waals surface area contributed by atoms with Gasteiger partial charge in [-0.15, -0.1) is 22.7 Å². The first-order valence-electron chi connectivity index (χ1n) is 17.4. The molecule has 51 heavy (non-hydrogen) atoms. The van der Waals surface area contributed by atoms with E-state index in [2.05, 4.69) is 34.4 Å². The van der Waals surface area contributed by atoms with Crippen molar-refractivity contribution in [3.63, 3.8) is 0 Å². The first-order chi connectivity index (χ1) is 24.7. The highest BCUT2D eigenvalue weighted by Gasteiger charge is 2.45. The predicted molar refractivity (Wildman–Crippen MR) is 201 cm³/mol. The fraction of sp³-hybridized carbons (Fsp3) is 0.385. The van der Waals surface area contributed by atoms with Crippen LogP contribution in [0.4, 0.5) is 0 Å². The summed E-state index contributed by atoms with van der Waals surface area (Å²) in [6.45, 7) is 2.52. The Bertz CT molecular complexity index is 1870. The molecule has 3 heterocycles. The van der Waals surface area contributed by atoms with E-state index in [0.717, 1.165) is 56.4 Å². The van der Waals surface area contributed by atoms with Gasteiger partial charge >= 0.3 is 5.97 Å². The summed E-state index contributed by atoms with van der Waals surface area (Å²) in [5.41, 5.74) is 0.0376. The maximum Gasteiger partial charge on any atom is 0.349 e. The average Bonchev–Trinajstić information content (AvgIpc) is 3.89. The molecule has 1 fully saturated rings. The van der Waals surface area contributed by atoms with Gasteiger partial charge in [0, 0.05) is 30.6 Å². The number of aromatic hydroxyl groups is 1. The summed E-state index contributed by atoms with van der Waals surface area (Å²) in [6, 6.07) is 21.9. The number of pyridine rings is 1.